The number of nitrogens with one attached hydrogen (secondary N) is 3. The van der Waals surface area contributed by atoms with Crippen molar-refractivity contribution in [1.29, 1.82) is 5.26 Å². The van der Waals surface area contributed by atoms with Crippen LogP contribution in [0.25, 0.3) is 5.65 Å². The fourth-order valence-electron chi connectivity index (χ4n) is 2.80. The number of nitriles is 1. The average molecular weight is 326 g/mol. The number of aliphatic imine (C=N–C) groups is 1. The van der Waals surface area contributed by atoms with Gasteiger partial charge < -0.3 is 10.6 Å². The molecule has 0 spiro atoms. The lowest BCUT2D eigenvalue weighted by atomic mass is 9.87. The predicted molar refractivity (Wildman–Crippen MR) is 92.8 cm³/mol. The minimum Gasteiger partial charge on any atom is -0.367 e. The first-order chi connectivity index (χ1) is 11.6. The lowest BCUT2D eigenvalue weighted by molar-refractivity contribution is 0.342. The summed E-state index contributed by atoms with van der Waals surface area (Å²) in [5.74, 6) is 1.85. The van der Waals surface area contributed by atoms with Crippen molar-refractivity contribution < 1.29 is 0 Å². The Hall–Kier alpha value is -2.82. The second-order valence-electron chi connectivity index (χ2n) is 6.29. The van der Waals surface area contributed by atoms with E-state index in [1.807, 2.05) is 16.8 Å². The van der Waals surface area contributed by atoms with E-state index in [1.165, 1.54) is 0 Å². The van der Waals surface area contributed by atoms with Gasteiger partial charge in [0, 0.05) is 37.0 Å². The molecular weight excluding hydrogens is 304 g/mol. The summed E-state index contributed by atoms with van der Waals surface area (Å²) in [6.07, 6.45) is 5.55. The zero-order valence-electron chi connectivity index (χ0n) is 14.1. The summed E-state index contributed by atoms with van der Waals surface area (Å²) in [5.41, 5.74) is 1.91. The number of fused-ring (bicyclic) bond motifs is 1. The van der Waals surface area contributed by atoms with E-state index < -0.39 is 0 Å². The van der Waals surface area contributed by atoms with Gasteiger partial charge in [-0.2, -0.15) is 14.9 Å². The van der Waals surface area contributed by atoms with Crippen LogP contribution in [0.4, 0.5) is 5.82 Å². The van der Waals surface area contributed by atoms with Crippen LogP contribution in [0.5, 0.6) is 0 Å². The van der Waals surface area contributed by atoms with Gasteiger partial charge in [-0.3, -0.25) is 10.3 Å². The van der Waals surface area contributed by atoms with Crippen LogP contribution in [0, 0.1) is 11.5 Å². The molecule has 1 saturated carbocycles. The molecule has 0 radical (unpaired) electrons. The van der Waals surface area contributed by atoms with Crippen molar-refractivity contribution in [2.45, 2.75) is 44.7 Å². The molecule has 0 amide bonds. The molecule has 2 heterocycles. The smallest absolute Gasteiger partial charge is 0.204 e. The summed E-state index contributed by atoms with van der Waals surface area (Å²) in [5, 5.41) is 22.3. The quantitative estimate of drug-likeness (QED) is 0.340. The SMILES string of the molecule is CN=C(NC#N)NC1CC(Nc2cc(C(C)C)nc3ccnn23)C1. The van der Waals surface area contributed by atoms with Gasteiger partial charge in [0.1, 0.15) is 5.82 Å². The number of hydrogen-bond donors (Lipinski definition) is 3. The maximum atomic E-state index is 8.66. The molecule has 3 N–H and O–H groups in total. The van der Waals surface area contributed by atoms with Crippen LogP contribution in [0.15, 0.2) is 23.3 Å². The molecule has 2 aromatic rings. The van der Waals surface area contributed by atoms with Gasteiger partial charge in [0.2, 0.25) is 5.96 Å². The zero-order valence-corrected chi connectivity index (χ0v) is 14.1. The van der Waals surface area contributed by atoms with Crippen molar-refractivity contribution >= 4 is 17.4 Å². The van der Waals surface area contributed by atoms with Crippen LogP contribution in [0.1, 0.15) is 38.3 Å². The normalized spacial score (nSPS) is 20.5. The van der Waals surface area contributed by atoms with E-state index in [2.05, 4.69) is 50.9 Å². The third-order valence-corrected chi connectivity index (χ3v) is 4.20. The van der Waals surface area contributed by atoms with Gasteiger partial charge in [-0.15, -0.1) is 0 Å². The number of rotatable bonds is 4. The highest BCUT2D eigenvalue weighted by Gasteiger charge is 2.30. The van der Waals surface area contributed by atoms with Crippen molar-refractivity contribution in [3.8, 4) is 6.19 Å². The molecule has 2 aromatic heterocycles. The van der Waals surface area contributed by atoms with Crippen LogP contribution in [-0.4, -0.2) is 39.7 Å². The number of hydrogen-bond acceptors (Lipinski definition) is 5. The predicted octanol–water partition coefficient (Wildman–Crippen LogP) is 1.44. The van der Waals surface area contributed by atoms with E-state index in [1.54, 1.807) is 13.2 Å². The summed E-state index contributed by atoms with van der Waals surface area (Å²) in [4.78, 5) is 8.63. The van der Waals surface area contributed by atoms with Crippen molar-refractivity contribution in [1.82, 2.24) is 25.2 Å². The molecule has 0 bridgehead atoms. The number of guanidine groups is 1. The highest BCUT2D eigenvalue weighted by molar-refractivity contribution is 5.81. The molecule has 1 aliphatic rings. The second-order valence-corrected chi connectivity index (χ2v) is 6.29. The van der Waals surface area contributed by atoms with E-state index in [0.717, 1.165) is 30.0 Å². The Bertz CT molecular complexity index is 779. The number of nitrogens with zero attached hydrogens (tertiary/aromatic N) is 5. The van der Waals surface area contributed by atoms with Crippen LogP contribution >= 0.6 is 0 Å². The molecule has 0 atom stereocenters. The first-order valence-electron chi connectivity index (χ1n) is 8.10. The van der Waals surface area contributed by atoms with Crippen molar-refractivity contribution in [3.63, 3.8) is 0 Å². The number of anilines is 1. The molecule has 1 aliphatic carbocycles. The lowest BCUT2D eigenvalue weighted by Crippen LogP contribution is -2.52. The molecular formula is C16H22N8. The highest BCUT2D eigenvalue weighted by atomic mass is 15.3. The zero-order chi connectivity index (χ0) is 17.1. The Kier molecular flexibility index (Phi) is 4.51. The van der Waals surface area contributed by atoms with Gasteiger partial charge in [-0.1, -0.05) is 13.8 Å². The third kappa shape index (κ3) is 3.25. The van der Waals surface area contributed by atoms with Crippen LogP contribution in [0.2, 0.25) is 0 Å². The van der Waals surface area contributed by atoms with Crippen molar-refractivity contribution in [2.24, 2.45) is 4.99 Å². The Balaban J connectivity index is 1.65. The van der Waals surface area contributed by atoms with Crippen molar-refractivity contribution in [2.75, 3.05) is 12.4 Å². The summed E-state index contributed by atoms with van der Waals surface area (Å²) in [7, 11) is 1.65. The molecule has 3 rings (SSSR count). The fraction of sp³-hybridized carbons (Fsp3) is 0.500. The average Bonchev–Trinajstić information content (AvgIpc) is 3.00. The summed E-state index contributed by atoms with van der Waals surface area (Å²) < 4.78 is 1.84. The van der Waals surface area contributed by atoms with Crippen molar-refractivity contribution in [3.05, 3.63) is 24.0 Å². The van der Waals surface area contributed by atoms with Gasteiger partial charge in [0.15, 0.2) is 11.8 Å². The molecule has 0 aromatic carbocycles. The van der Waals surface area contributed by atoms with E-state index in [9.17, 15) is 0 Å². The maximum absolute atomic E-state index is 8.66. The molecule has 0 saturated heterocycles. The molecule has 126 valence electrons. The minimum absolute atomic E-state index is 0.307. The minimum atomic E-state index is 0.307. The van der Waals surface area contributed by atoms with E-state index in [0.29, 0.717) is 24.0 Å². The molecule has 24 heavy (non-hydrogen) atoms. The van der Waals surface area contributed by atoms with Gasteiger partial charge in [-0.05, 0) is 18.8 Å². The summed E-state index contributed by atoms with van der Waals surface area (Å²) >= 11 is 0. The van der Waals surface area contributed by atoms with E-state index in [4.69, 9.17) is 5.26 Å². The summed E-state index contributed by atoms with van der Waals surface area (Å²) in [6.45, 7) is 4.27. The largest absolute Gasteiger partial charge is 0.367 e. The Morgan fingerprint density at radius 2 is 2.21 bits per heavy atom. The highest BCUT2D eigenvalue weighted by Crippen LogP contribution is 2.26. The molecule has 0 unspecified atom stereocenters. The van der Waals surface area contributed by atoms with E-state index in [-0.39, 0.29) is 0 Å². The summed E-state index contributed by atoms with van der Waals surface area (Å²) in [6, 6.07) is 4.65. The van der Waals surface area contributed by atoms with Gasteiger partial charge in [0.25, 0.3) is 0 Å². The molecule has 8 nitrogen and oxygen atoms in total. The topological polar surface area (TPSA) is 102 Å². The van der Waals surface area contributed by atoms with Gasteiger partial charge in [0.05, 0.1) is 6.20 Å². The van der Waals surface area contributed by atoms with E-state index >= 15 is 0 Å². The van der Waals surface area contributed by atoms with Gasteiger partial charge >= 0.3 is 0 Å². The van der Waals surface area contributed by atoms with Crippen LogP contribution in [0.3, 0.4) is 0 Å². The molecule has 1 fully saturated rings. The van der Waals surface area contributed by atoms with Crippen LogP contribution in [-0.2, 0) is 0 Å². The Morgan fingerprint density at radius 1 is 1.42 bits per heavy atom. The lowest BCUT2D eigenvalue weighted by Gasteiger charge is -2.37. The Morgan fingerprint density at radius 3 is 2.88 bits per heavy atom. The first kappa shape index (κ1) is 16.1. The first-order valence-corrected chi connectivity index (χ1v) is 8.10. The maximum Gasteiger partial charge on any atom is 0.204 e. The fourth-order valence-corrected chi connectivity index (χ4v) is 2.80. The second kappa shape index (κ2) is 6.74. The third-order valence-electron chi connectivity index (χ3n) is 4.20. The number of aromatic nitrogens is 3. The van der Waals surface area contributed by atoms with Gasteiger partial charge in [-0.25, -0.2) is 4.98 Å². The van der Waals surface area contributed by atoms with Crippen LogP contribution < -0.4 is 16.0 Å². The molecule has 8 heteroatoms. The molecule has 0 aliphatic heterocycles. The monoisotopic (exact) mass is 326 g/mol. The standard InChI is InChI=1S/C16H22N8/c1-10(2)13-8-15(24-14(23-13)4-5-20-24)21-11-6-12(7-11)22-16(18-3)19-9-17/h4-5,8,10-12,21H,6-7H2,1-3H3,(H2,18,19,22). The Labute approximate surface area is 141 Å².